The molecule has 0 aliphatic rings. The lowest BCUT2D eigenvalue weighted by atomic mass is 9.84. The molecule has 0 aliphatic heterocycles. The van der Waals surface area contributed by atoms with Crippen LogP contribution in [0.2, 0.25) is 0 Å². The summed E-state index contributed by atoms with van der Waals surface area (Å²) in [5.74, 6) is 0.0856. The van der Waals surface area contributed by atoms with Gasteiger partial charge in [-0.2, -0.15) is 0 Å². The third kappa shape index (κ3) is 5.02. The van der Waals surface area contributed by atoms with Crippen molar-refractivity contribution in [1.29, 1.82) is 0 Å². The Morgan fingerprint density at radius 2 is 2.10 bits per heavy atom. The lowest BCUT2D eigenvalue weighted by Crippen LogP contribution is -2.30. The van der Waals surface area contributed by atoms with Gasteiger partial charge in [0.05, 0.1) is 19.4 Å². The molecule has 0 saturated heterocycles. The molecule has 0 N–H and O–H groups in total. The zero-order valence-electron chi connectivity index (χ0n) is 13.4. The molecule has 0 saturated carbocycles. The van der Waals surface area contributed by atoms with E-state index in [-0.39, 0.29) is 17.2 Å². The van der Waals surface area contributed by atoms with Crippen LogP contribution in [0.4, 0.5) is 0 Å². The summed E-state index contributed by atoms with van der Waals surface area (Å²) in [5.41, 5.74) is 0.557. The summed E-state index contributed by atoms with van der Waals surface area (Å²) in [6, 6.07) is -0.300. The van der Waals surface area contributed by atoms with Crippen LogP contribution in [0.3, 0.4) is 0 Å². The maximum atomic E-state index is 11.8. The molecule has 1 aromatic rings. The van der Waals surface area contributed by atoms with Crippen molar-refractivity contribution in [2.24, 2.45) is 5.41 Å². The highest BCUT2D eigenvalue weighted by Crippen LogP contribution is 2.30. The van der Waals surface area contributed by atoms with Gasteiger partial charge in [-0.1, -0.05) is 26.0 Å². The number of nitrogens with zero attached hydrogens (tertiary/aromatic N) is 4. The first-order valence-electron chi connectivity index (χ1n) is 6.85. The fourth-order valence-electron chi connectivity index (χ4n) is 2.12. The van der Waals surface area contributed by atoms with E-state index in [0.717, 1.165) is 12.2 Å². The minimum atomic E-state index is -0.300. The summed E-state index contributed by atoms with van der Waals surface area (Å²) in [6.07, 6.45) is 1.80. The Balaban J connectivity index is 2.64. The van der Waals surface area contributed by atoms with Gasteiger partial charge in [-0.05, 0) is 26.4 Å². The molecule has 114 valence electrons. The van der Waals surface area contributed by atoms with E-state index < -0.39 is 0 Å². The number of carbonyl (C=O) groups excluding carboxylic acids is 1. The quantitative estimate of drug-likeness (QED) is 0.710. The summed E-state index contributed by atoms with van der Waals surface area (Å²) in [4.78, 5) is 13.9. The predicted molar refractivity (Wildman–Crippen MR) is 77.4 cm³/mol. The van der Waals surface area contributed by atoms with Gasteiger partial charge in [-0.3, -0.25) is 4.79 Å². The smallest absolute Gasteiger partial charge is 0.154 e. The summed E-state index contributed by atoms with van der Waals surface area (Å²) >= 11 is 0. The molecule has 0 aromatic carbocycles. The molecule has 0 fully saturated rings. The number of ether oxygens (including phenoxy) is 1. The molecule has 1 heterocycles. The van der Waals surface area contributed by atoms with Gasteiger partial charge in [0.1, 0.15) is 11.7 Å². The Morgan fingerprint density at radius 3 is 2.60 bits per heavy atom. The van der Waals surface area contributed by atoms with Gasteiger partial charge in [0.2, 0.25) is 0 Å². The van der Waals surface area contributed by atoms with Gasteiger partial charge >= 0.3 is 0 Å². The highest BCUT2D eigenvalue weighted by atomic mass is 16.5. The van der Waals surface area contributed by atoms with E-state index >= 15 is 0 Å². The largest absolute Gasteiger partial charge is 0.374 e. The molecule has 6 nitrogen and oxygen atoms in total. The Bertz CT molecular complexity index is 435. The van der Waals surface area contributed by atoms with Crippen molar-refractivity contribution in [3.05, 3.63) is 11.9 Å². The maximum Gasteiger partial charge on any atom is 0.154 e. The second kappa shape index (κ2) is 6.95. The lowest BCUT2D eigenvalue weighted by Gasteiger charge is -2.28. The molecule has 0 amide bonds. The highest BCUT2D eigenvalue weighted by Gasteiger charge is 2.31. The highest BCUT2D eigenvalue weighted by molar-refractivity contribution is 5.80. The monoisotopic (exact) mass is 282 g/mol. The van der Waals surface area contributed by atoms with E-state index in [1.54, 1.807) is 17.8 Å². The van der Waals surface area contributed by atoms with Crippen LogP contribution in [-0.4, -0.2) is 52.9 Å². The van der Waals surface area contributed by atoms with Crippen molar-refractivity contribution < 1.29 is 9.53 Å². The molecule has 1 aromatic heterocycles. The molecular formula is C14H26N4O2. The molecule has 0 aliphatic carbocycles. The predicted octanol–water partition coefficient (Wildman–Crippen LogP) is 1.53. The van der Waals surface area contributed by atoms with Crippen LogP contribution in [0.25, 0.3) is 0 Å². The van der Waals surface area contributed by atoms with Crippen LogP contribution in [-0.2, 0) is 16.1 Å². The molecule has 0 spiro atoms. The number of aromatic nitrogens is 3. The minimum absolute atomic E-state index is 0.0856. The Labute approximate surface area is 121 Å². The van der Waals surface area contributed by atoms with Crippen molar-refractivity contribution >= 4 is 5.78 Å². The third-order valence-electron chi connectivity index (χ3n) is 2.96. The van der Waals surface area contributed by atoms with Crippen LogP contribution in [0.15, 0.2) is 6.20 Å². The van der Waals surface area contributed by atoms with Crippen LogP contribution in [0, 0.1) is 5.41 Å². The first-order valence-corrected chi connectivity index (χ1v) is 6.85. The van der Waals surface area contributed by atoms with Crippen molar-refractivity contribution in [3.8, 4) is 0 Å². The van der Waals surface area contributed by atoms with Crippen LogP contribution >= 0.6 is 0 Å². The van der Waals surface area contributed by atoms with Crippen LogP contribution < -0.4 is 0 Å². The molecule has 6 heteroatoms. The average Bonchev–Trinajstić information content (AvgIpc) is 2.70. The molecule has 0 bridgehead atoms. The van der Waals surface area contributed by atoms with Gasteiger partial charge < -0.3 is 9.64 Å². The molecular weight excluding hydrogens is 256 g/mol. The third-order valence-corrected chi connectivity index (χ3v) is 2.96. The standard InChI is InChI=1S/C14H26N4O2/c1-11(19)13(14(2,3)4)18-9-12(15-16-18)10-20-8-7-17(5)6/h9,13H,7-8,10H2,1-6H3/t13-/m1/s1. The number of rotatable bonds is 7. The zero-order chi connectivity index (χ0) is 15.3. The van der Waals surface area contributed by atoms with Crippen LogP contribution in [0.1, 0.15) is 39.4 Å². The molecule has 0 radical (unpaired) electrons. The number of ketones is 1. The average molecular weight is 282 g/mol. The Kier molecular flexibility index (Phi) is 5.83. The van der Waals surface area contributed by atoms with Crippen molar-refractivity contribution in [2.45, 2.75) is 40.3 Å². The number of Topliss-reactive ketones (excluding diaryl/α,β-unsaturated/α-hetero) is 1. The normalized spacial score (nSPS) is 13.8. The molecule has 0 unspecified atom stereocenters. The second-order valence-electron chi connectivity index (χ2n) is 6.42. The van der Waals surface area contributed by atoms with Gasteiger partial charge in [0.15, 0.2) is 5.78 Å². The number of likely N-dealkylation sites (N-methyl/N-ethyl adjacent to an activating group) is 1. The number of hydrogen-bond acceptors (Lipinski definition) is 5. The summed E-state index contributed by atoms with van der Waals surface area (Å²) in [7, 11) is 4.00. The number of hydrogen-bond donors (Lipinski definition) is 0. The fraction of sp³-hybridized carbons (Fsp3) is 0.786. The van der Waals surface area contributed by atoms with E-state index in [2.05, 4.69) is 15.2 Å². The number of carbonyl (C=O) groups is 1. The Morgan fingerprint density at radius 1 is 1.45 bits per heavy atom. The molecule has 1 atom stereocenters. The molecule has 20 heavy (non-hydrogen) atoms. The lowest BCUT2D eigenvalue weighted by molar-refractivity contribution is -0.123. The van der Waals surface area contributed by atoms with Gasteiger partial charge in [-0.25, -0.2) is 4.68 Å². The van der Waals surface area contributed by atoms with E-state index in [1.165, 1.54) is 0 Å². The van der Waals surface area contributed by atoms with Crippen molar-refractivity contribution in [2.75, 3.05) is 27.2 Å². The summed E-state index contributed by atoms with van der Waals surface area (Å²) in [6.45, 7) is 9.59. The topological polar surface area (TPSA) is 60.2 Å². The van der Waals surface area contributed by atoms with Gasteiger partial charge in [0, 0.05) is 6.54 Å². The van der Waals surface area contributed by atoms with Gasteiger partial charge in [0.25, 0.3) is 0 Å². The fourth-order valence-corrected chi connectivity index (χ4v) is 2.12. The van der Waals surface area contributed by atoms with Crippen molar-refractivity contribution in [3.63, 3.8) is 0 Å². The first kappa shape index (κ1) is 16.8. The van der Waals surface area contributed by atoms with Crippen LogP contribution in [0.5, 0.6) is 0 Å². The van der Waals surface area contributed by atoms with E-state index in [0.29, 0.717) is 13.2 Å². The van der Waals surface area contributed by atoms with E-state index in [4.69, 9.17) is 4.74 Å². The first-order chi connectivity index (χ1) is 9.21. The second-order valence-corrected chi connectivity index (χ2v) is 6.42. The molecule has 1 rings (SSSR count). The van der Waals surface area contributed by atoms with E-state index in [1.807, 2.05) is 34.9 Å². The van der Waals surface area contributed by atoms with Crippen molar-refractivity contribution in [1.82, 2.24) is 19.9 Å². The zero-order valence-corrected chi connectivity index (χ0v) is 13.4. The maximum absolute atomic E-state index is 11.8. The van der Waals surface area contributed by atoms with Gasteiger partial charge in [-0.15, -0.1) is 5.10 Å². The Hall–Kier alpha value is -1.27. The SMILES string of the molecule is CC(=O)[C@@H](n1cc(COCCN(C)C)nn1)C(C)(C)C. The summed E-state index contributed by atoms with van der Waals surface area (Å²) in [5, 5.41) is 8.15. The minimum Gasteiger partial charge on any atom is -0.374 e. The van der Waals surface area contributed by atoms with E-state index in [9.17, 15) is 4.79 Å². The summed E-state index contributed by atoms with van der Waals surface area (Å²) < 4.78 is 7.17.